The number of halogens is 2. The van der Waals surface area contributed by atoms with Crippen molar-refractivity contribution in [2.45, 2.75) is 58.4 Å². The minimum Gasteiger partial charge on any atom is -0.313 e. The first-order valence-electron chi connectivity index (χ1n) is 7.78. The molecule has 1 aromatic carbocycles. The quantitative estimate of drug-likeness (QED) is 0.802. The van der Waals surface area contributed by atoms with Crippen LogP contribution < -0.4 is 5.32 Å². The standard InChI is InChI=1S/C17H25F2N/c1-4-10-20-15-11-13(17(15,5-2)6-3)12-8-7-9-14(18)16(12)19/h7-9,13,15,20H,4-6,10-11H2,1-3H3. The fourth-order valence-electron chi connectivity index (χ4n) is 3.85. The maximum absolute atomic E-state index is 14.1. The van der Waals surface area contributed by atoms with Gasteiger partial charge in [-0.1, -0.05) is 32.9 Å². The van der Waals surface area contributed by atoms with E-state index in [0.717, 1.165) is 32.2 Å². The van der Waals surface area contributed by atoms with E-state index >= 15 is 0 Å². The summed E-state index contributed by atoms with van der Waals surface area (Å²) in [6.45, 7) is 7.46. The van der Waals surface area contributed by atoms with Crippen molar-refractivity contribution in [1.29, 1.82) is 0 Å². The van der Waals surface area contributed by atoms with Crippen LogP contribution in [0.15, 0.2) is 18.2 Å². The van der Waals surface area contributed by atoms with Crippen molar-refractivity contribution < 1.29 is 8.78 Å². The first-order chi connectivity index (χ1) is 9.60. The Bertz CT molecular complexity index is 454. The molecule has 1 aromatic rings. The lowest BCUT2D eigenvalue weighted by Crippen LogP contribution is -2.58. The predicted molar refractivity (Wildman–Crippen MR) is 78.8 cm³/mol. The molecule has 2 unspecified atom stereocenters. The first-order valence-corrected chi connectivity index (χ1v) is 7.78. The van der Waals surface area contributed by atoms with Gasteiger partial charge in [0.2, 0.25) is 0 Å². The Morgan fingerprint density at radius 3 is 2.50 bits per heavy atom. The van der Waals surface area contributed by atoms with Crippen LogP contribution in [0.2, 0.25) is 0 Å². The second-order valence-electron chi connectivity index (χ2n) is 5.88. The van der Waals surface area contributed by atoms with E-state index in [2.05, 4.69) is 26.1 Å². The summed E-state index contributed by atoms with van der Waals surface area (Å²) >= 11 is 0. The van der Waals surface area contributed by atoms with Gasteiger partial charge in [-0.05, 0) is 55.2 Å². The monoisotopic (exact) mass is 281 g/mol. The molecule has 0 bridgehead atoms. The molecule has 2 rings (SSSR count). The van der Waals surface area contributed by atoms with E-state index in [1.165, 1.54) is 6.07 Å². The van der Waals surface area contributed by atoms with Crippen LogP contribution in [0.4, 0.5) is 8.78 Å². The summed E-state index contributed by atoms with van der Waals surface area (Å²) in [5, 5.41) is 3.58. The average Bonchev–Trinajstić information content (AvgIpc) is 2.44. The van der Waals surface area contributed by atoms with Gasteiger partial charge >= 0.3 is 0 Å². The van der Waals surface area contributed by atoms with Gasteiger partial charge < -0.3 is 5.32 Å². The molecule has 0 aromatic heterocycles. The molecule has 1 aliphatic carbocycles. The zero-order chi connectivity index (χ0) is 14.8. The highest BCUT2D eigenvalue weighted by molar-refractivity contribution is 5.30. The second-order valence-corrected chi connectivity index (χ2v) is 5.88. The third kappa shape index (κ3) is 2.37. The molecule has 1 saturated carbocycles. The van der Waals surface area contributed by atoms with Crippen molar-refractivity contribution in [1.82, 2.24) is 5.32 Å². The van der Waals surface area contributed by atoms with Crippen LogP contribution in [-0.2, 0) is 0 Å². The fourth-order valence-corrected chi connectivity index (χ4v) is 3.85. The van der Waals surface area contributed by atoms with Crippen molar-refractivity contribution in [3.63, 3.8) is 0 Å². The molecule has 1 fully saturated rings. The normalized spacial score (nSPS) is 24.4. The molecule has 0 heterocycles. The Hall–Kier alpha value is -0.960. The molecular formula is C17H25F2N. The largest absolute Gasteiger partial charge is 0.313 e. The van der Waals surface area contributed by atoms with Gasteiger partial charge in [0.15, 0.2) is 11.6 Å². The Balaban J connectivity index is 2.27. The second kappa shape index (κ2) is 6.21. The molecule has 1 N–H and O–H groups in total. The zero-order valence-electron chi connectivity index (χ0n) is 12.7. The van der Waals surface area contributed by atoms with E-state index in [1.807, 2.05) is 0 Å². The Labute approximate surface area is 120 Å². The number of nitrogens with one attached hydrogen (secondary N) is 1. The summed E-state index contributed by atoms with van der Waals surface area (Å²) in [5.41, 5.74) is 0.618. The number of benzene rings is 1. The molecule has 1 aliphatic rings. The van der Waals surface area contributed by atoms with E-state index in [4.69, 9.17) is 0 Å². The van der Waals surface area contributed by atoms with Crippen molar-refractivity contribution >= 4 is 0 Å². The Kier molecular flexibility index (Phi) is 4.79. The van der Waals surface area contributed by atoms with Gasteiger partial charge in [-0.3, -0.25) is 0 Å². The van der Waals surface area contributed by atoms with Gasteiger partial charge in [0.05, 0.1) is 0 Å². The Morgan fingerprint density at radius 1 is 1.20 bits per heavy atom. The predicted octanol–water partition coefficient (Wildman–Crippen LogP) is 4.63. The van der Waals surface area contributed by atoms with E-state index in [-0.39, 0.29) is 11.3 Å². The van der Waals surface area contributed by atoms with Gasteiger partial charge in [0.25, 0.3) is 0 Å². The van der Waals surface area contributed by atoms with Crippen LogP contribution in [0.25, 0.3) is 0 Å². The van der Waals surface area contributed by atoms with Gasteiger partial charge in [-0.25, -0.2) is 8.78 Å². The molecule has 0 saturated heterocycles. The van der Waals surface area contributed by atoms with Gasteiger partial charge in [-0.15, -0.1) is 0 Å². The molecular weight excluding hydrogens is 256 g/mol. The number of hydrogen-bond donors (Lipinski definition) is 1. The minimum absolute atomic E-state index is 0.0593. The van der Waals surface area contributed by atoms with Crippen LogP contribution in [-0.4, -0.2) is 12.6 Å². The summed E-state index contributed by atoms with van der Waals surface area (Å²) in [4.78, 5) is 0. The lowest BCUT2D eigenvalue weighted by molar-refractivity contribution is 0.0181. The summed E-state index contributed by atoms with van der Waals surface area (Å²) in [7, 11) is 0. The van der Waals surface area contributed by atoms with Crippen molar-refractivity contribution in [2.75, 3.05) is 6.54 Å². The van der Waals surface area contributed by atoms with Crippen molar-refractivity contribution in [2.24, 2.45) is 5.41 Å². The molecule has 0 amide bonds. The number of rotatable bonds is 6. The summed E-state index contributed by atoms with van der Waals surface area (Å²) in [6.07, 6.45) is 3.98. The Morgan fingerprint density at radius 2 is 1.90 bits per heavy atom. The molecule has 20 heavy (non-hydrogen) atoms. The third-order valence-electron chi connectivity index (χ3n) is 5.17. The van der Waals surface area contributed by atoms with Gasteiger partial charge in [0.1, 0.15) is 0 Å². The smallest absolute Gasteiger partial charge is 0.162 e. The highest BCUT2D eigenvalue weighted by atomic mass is 19.2. The summed E-state index contributed by atoms with van der Waals surface area (Å²) in [5.74, 6) is -1.26. The molecule has 2 atom stereocenters. The van der Waals surface area contributed by atoms with E-state index < -0.39 is 11.6 Å². The topological polar surface area (TPSA) is 12.0 Å². The molecule has 0 spiro atoms. The maximum Gasteiger partial charge on any atom is 0.162 e. The van der Waals surface area contributed by atoms with Gasteiger partial charge in [-0.2, -0.15) is 0 Å². The summed E-state index contributed by atoms with van der Waals surface area (Å²) < 4.78 is 27.5. The van der Waals surface area contributed by atoms with E-state index in [0.29, 0.717) is 11.6 Å². The van der Waals surface area contributed by atoms with Crippen LogP contribution in [0.5, 0.6) is 0 Å². The maximum atomic E-state index is 14.1. The average molecular weight is 281 g/mol. The number of hydrogen-bond acceptors (Lipinski definition) is 1. The lowest BCUT2D eigenvalue weighted by atomic mass is 9.51. The van der Waals surface area contributed by atoms with Crippen molar-refractivity contribution in [3.8, 4) is 0 Å². The first kappa shape index (κ1) is 15.4. The van der Waals surface area contributed by atoms with Crippen LogP contribution >= 0.6 is 0 Å². The molecule has 3 heteroatoms. The SMILES string of the molecule is CCCNC1CC(c2cccc(F)c2F)C1(CC)CC. The molecule has 112 valence electrons. The van der Waals surface area contributed by atoms with E-state index in [9.17, 15) is 8.78 Å². The molecule has 0 radical (unpaired) electrons. The summed E-state index contributed by atoms with van der Waals surface area (Å²) in [6, 6.07) is 4.99. The molecule has 1 nitrogen and oxygen atoms in total. The highest BCUT2D eigenvalue weighted by Crippen LogP contribution is 2.57. The van der Waals surface area contributed by atoms with Gasteiger partial charge in [0, 0.05) is 6.04 Å². The van der Waals surface area contributed by atoms with Crippen LogP contribution in [0.1, 0.15) is 57.9 Å². The van der Waals surface area contributed by atoms with Crippen LogP contribution in [0, 0.1) is 17.0 Å². The minimum atomic E-state index is -0.728. The van der Waals surface area contributed by atoms with Crippen molar-refractivity contribution in [3.05, 3.63) is 35.4 Å². The third-order valence-corrected chi connectivity index (χ3v) is 5.17. The molecule has 0 aliphatic heterocycles. The highest BCUT2D eigenvalue weighted by Gasteiger charge is 2.53. The lowest BCUT2D eigenvalue weighted by Gasteiger charge is -2.56. The fraction of sp³-hybridized carbons (Fsp3) is 0.647. The zero-order valence-corrected chi connectivity index (χ0v) is 12.7. The van der Waals surface area contributed by atoms with Crippen LogP contribution in [0.3, 0.4) is 0 Å². The van der Waals surface area contributed by atoms with E-state index in [1.54, 1.807) is 12.1 Å².